The summed E-state index contributed by atoms with van der Waals surface area (Å²) in [7, 11) is 0. The molecule has 0 saturated carbocycles. The van der Waals surface area contributed by atoms with Gasteiger partial charge in [0.1, 0.15) is 17.7 Å². The fourth-order valence-corrected chi connectivity index (χ4v) is 4.31. The highest BCUT2D eigenvalue weighted by Gasteiger charge is 2.45. The van der Waals surface area contributed by atoms with Gasteiger partial charge in [-0.15, -0.1) is 0 Å². The number of piperidine rings is 1. The minimum atomic E-state index is -0.381. The number of likely N-dealkylation sites (tertiary alicyclic amines) is 2. The van der Waals surface area contributed by atoms with Crippen molar-refractivity contribution in [2.24, 2.45) is 0 Å². The molecule has 0 aromatic heterocycles. The molecule has 0 unspecified atom stereocenters. The van der Waals surface area contributed by atoms with Gasteiger partial charge in [-0.05, 0) is 43.5 Å². The Hall–Kier alpha value is -2.15. The van der Waals surface area contributed by atoms with Crippen LogP contribution in [0.3, 0.4) is 0 Å². The maximum absolute atomic E-state index is 13.0. The predicted octanol–water partition coefficient (Wildman–Crippen LogP) is 1.98. The van der Waals surface area contributed by atoms with Crippen molar-refractivity contribution in [1.82, 2.24) is 9.80 Å². The van der Waals surface area contributed by atoms with Gasteiger partial charge in [-0.1, -0.05) is 0 Å². The first-order valence-corrected chi connectivity index (χ1v) is 9.65. The third kappa shape index (κ3) is 4.08. The summed E-state index contributed by atoms with van der Waals surface area (Å²) in [5.41, 5.74) is -0.381. The largest absolute Gasteiger partial charge is 0.488 e. The molecule has 7 heteroatoms. The Kier molecular flexibility index (Phi) is 5.04. The Balaban J connectivity index is 1.34. The van der Waals surface area contributed by atoms with Crippen LogP contribution in [0.15, 0.2) is 24.3 Å². The average molecular weight is 376 g/mol. The van der Waals surface area contributed by atoms with E-state index in [4.69, 9.17) is 9.47 Å². The number of benzene rings is 1. The van der Waals surface area contributed by atoms with E-state index in [9.17, 15) is 14.0 Å². The number of hydrogen-bond donors (Lipinski definition) is 0. The van der Waals surface area contributed by atoms with Crippen molar-refractivity contribution in [2.45, 2.75) is 43.8 Å². The van der Waals surface area contributed by atoms with Crippen LogP contribution >= 0.6 is 0 Å². The highest BCUT2D eigenvalue weighted by Crippen LogP contribution is 2.36. The molecular formula is C20H25FN2O4. The number of carbonyl (C=O) groups excluding carboxylic acids is 2. The lowest BCUT2D eigenvalue weighted by atomic mass is 9.89. The van der Waals surface area contributed by atoms with Crippen LogP contribution in [0.4, 0.5) is 4.39 Å². The van der Waals surface area contributed by atoms with E-state index >= 15 is 0 Å². The van der Waals surface area contributed by atoms with Crippen LogP contribution in [0.2, 0.25) is 0 Å². The minimum Gasteiger partial charge on any atom is -0.488 e. The van der Waals surface area contributed by atoms with E-state index in [1.807, 2.05) is 4.90 Å². The van der Waals surface area contributed by atoms with Crippen molar-refractivity contribution in [3.8, 4) is 5.75 Å². The molecule has 0 radical (unpaired) electrons. The van der Waals surface area contributed by atoms with Crippen LogP contribution in [-0.4, -0.2) is 66.1 Å². The quantitative estimate of drug-likeness (QED) is 0.806. The summed E-state index contributed by atoms with van der Waals surface area (Å²) >= 11 is 0. The van der Waals surface area contributed by atoms with Gasteiger partial charge < -0.3 is 19.3 Å². The molecule has 146 valence electrons. The standard InChI is InChI=1S/C20H25FN2O4/c21-15-4-6-16(7-5-15)27-17-11-20(26-13-17)8-2-10-23(14-20)19(25)12-22-9-1-3-18(22)24/h4-7,17H,1-3,8-14H2/t17-,20-/m1/s1. The average Bonchev–Trinajstić information content (AvgIpc) is 3.23. The summed E-state index contributed by atoms with van der Waals surface area (Å²) in [6.45, 7) is 2.55. The number of rotatable bonds is 4. The molecule has 3 fully saturated rings. The first-order chi connectivity index (χ1) is 13.0. The van der Waals surface area contributed by atoms with Crippen molar-refractivity contribution in [2.75, 3.05) is 32.8 Å². The lowest BCUT2D eigenvalue weighted by Gasteiger charge is -2.40. The predicted molar refractivity (Wildman–Crippen MR) is 95.7 cm³/mol. The first kappa shape index (κ1) is 18.2. The number of amides is 2. The van der Waals surface area contributed by atoms with E-state index < -0.39 is 0 Å². The van der Waals surface area contributed by atoms with Crippen molar-refractivity contribution < 1.29 is 23.5 Å². The maximum atomic E-state index is 13.0. The molecule has 27 heavy (non-hydrogen) atoms. The van der Waals surface area contributed by atoms with Crippen molar-refractivity contribution >= 4 is 11.8 Å². The van der Waals surface area contributed by atoms with Gasteiger partial charge in [0.2, 0.25) is 11.8 Å². The van der Waals surface area contributed by atoms with Crippen molar-refractivity contribution in [1.29, 1.82) is 0 Å². The number of hydrogen-bond acceptors (Lipinski definition) is 4. The fourth-order valence-electron chi connectivity index (χ4n) is 4.31. The van der Waals surface area contributed by atoms with E-state index in [-0.39, 0.29) is 35.9 Å². The van der Waals surface area contributed by atoms with Gasteiger partial charge in [-0.3, -0.25) is 9.59 Å². The van der Waals surface area contributed by atoms with Crippen LogP contribution in [0, 0.1) is 5.82 Å². The zero-order valence-corrected chi connectivity index (χ0v) is 15.4. The van der Waals surface area contributed by atoms with E-state index in [0.717, 1.165) is 19.3 Å². The lowest BCUT2D eigenvalue weighted by molar-refractivity contribution is -0.143. The number of nitrogens with zero attached hydrogens (tertiary/aromatic N) is 2. The molecule has 1 aromatic rings. The molecule has 2 amide bonds. The molecule has 3 saturated heterocycles. The van der Waals surface area contributed by atoms with Gasteiger partial charge in [0.25, 0.3) is 0 Å². The molecule has 2 atom stereocenters. The van der Waals surface area contributed by atoms with Crippen LogP contribution in [0.5, 0.6) is 5.75 Å². The second-order valence-electron chi connectivity index (χ2n) is 7.73. The summed E-state index contributed by atoms with van der Waals surface area (Å²) < 4.78 is 25.0. The van der Waals surface area contributed by atoms with Gasteiger partial charge >= 0.3 is 0 Å². The smallest absolute Gasteiger partial charge is 0.242 e. The Bertz CT molecular complexity index is 710. The Morgan fingerprint density at radius 1 is 1.26 bits per heavy atom. The van der Waals surface area contributed by atoms with Gasteiger partial charge in [-0.2, -0.15) is 0 Å². The lowest BCUT2D eigenvalue weighted by Crippen LogP contribution is -2.52. The summed E-state index contributed by atoms with van der Waals surface area (Å²) in [4.78, 5) is 27.9. The van der Waals surface area contributed by atoms with Gasteiger partial charge in [0, 0.05) is 32.5 Å². The number of carbonyl (C=O) groups is 2. The van der Waals surface area contributed by atoms with Crippen LogP contribution < -0.4 is 4.74 Å². The topological polar surface area (TPSA) is 59.1 Å². The Labute approximate surface area is 158 Å². The molecule has 0 aliphatic carbocycles. The summed E-state index contributed by atoms with van der Waals surface area (Å²) in [5, 5.41) is 0. The minimum absolute atomic E-state index is 0.00386. The zero-order chi connectivity index (χ0) is 18.9. The highest BCUT2D eigenvalue weighted by atomic mass is 19.1. The maximum Gasteiger partial charge on any atom is 0.242 e. The third-order valence-corrected chi connectivity index (χ3v) is 5.68. The Morgan fingerprint density at radius 3 is 2.81 bits per heavy atom. The number of halogens is 1. The first-order valence-electron chi connectivity index (χ1n) is 9.65. The normalized spacial score (nSPS) is 28.2. The zero-order valence-electron chi connectivity index (χ0n) is 15.4. The van der Waals surface area contributed by atoms with Crippen molar-refractivity contribution in [3.05, 3.63) is 30.1 Å². The van der Waals surface area contributed by atoms with E-state index in [2.05, 4.69) is 0 Å². The van der Waals surface area contributed by atoms with E-state index in [1.54, 1.807) is 17.0 Å². The monoisotopic (exact) mass is 376 g/mol. The van der Waals surface area contributed by atoms with Crippen LogP contribution in [0.25, 0.3) is 0 Å². The molecule has 0 bridgehead atoms. The molecule has 6 nitrogen and oxygen atoms in total. The van der Waals surface area contributed by atoms with Crippen LogP contribution in [-0.2, 0) is 14.3 Å². The summed E-state index contributed by atoms with van der Waals surface area (Å²) in [5.74, 6) is 0.397. The highest BCUT2D eigenvalue weighted by molar-refractivity contribution is 5.86. The molecule has 4 rings (SSSR count). The third-order valence-electron chi connectivity index (χ3n) is 5.68. The van der Waals surface area contributed by atoms with E-state index in [0.29, 0.717) is 44.8 Å². The molecule has 1 spiro atoms. The molecule has 1 aromatic carbocycles. The van der Waals surface area contributed by atoms with Crippen LogP contribution in [0.1, 0.15) is 32.1 Å². The molecule has 3 aliphatic rings. The van der Waals surface area contributed by atoms with Gasteiger partial charge in [0.05, 0.1) is 18.8 Å². The molecule has 3 aliphatic heterocycles. The van der Waals surface area contributed by atoms with Crippen molar-refractivity contribution in [3.63, 3.8) is 0 Å². The van der Waals surface area contributed by atoms with Gasteiger partial charge in [0.15, 0.2) is 0 Å². The molecule has 0 N–H and O–H groups in total. The summed E-state index contributed by atoms with van der Waals surface area (Å²) in [6.07, 6.45) is 3.75. The number of ether oxygens (including phenoxy) is 2. The fraction of sp³-hybridized carbons (Fsp3) is 0.600. The molecule has 3 heterocycles. The van der Waals surface area contributed by atoms with Gasteiger partial charge in [-0.25, -0.2) is 4.39 Å². The second-order valence-corrected chi connectivity index (χ2v) is 7.73. The second kappa shape index (κ2) is 7.46. The summed E-state index contributed by atoms with van der Waals surface area (Å²) in [6, 6.07) is 5.98. The Morgan fingerprint density at radius 2 is 2.07 bits per heavy atom. The molecular weight excluding hydrogens is 351 g/mol. The SMILES string of the molecule is O=C1CCCN1CC(=O)N1CCC[C@@]2(C[C@@H](Oc3ccc(F)cc3)CO2)C1. The van der Waals surface area contributed by atoms with E-state index in [1.165, 1.54) is 12.1 Å².